The Labute approximate surface area is 177 Å². The Kier molecular flexibility index (Phi) is 6.26. The smallest absolute Gasteiger partial charge is 0.235 e. The number of benzene rings is 2. The quantitative estimate of drug-likeness (QED) is 0.739. The number of hydrogen-bond donors (Lipinski definition) is 1. The van der Waals surface area contributed by atoms with Crippen LogP contribution in [0.5, 0.6) is 0 Å². The van der Waals surface area contributed by atoms with Gasteiger partial charge in [-0.2, -0.15) is 11.8 Å². The highest BCUT2D eigenvalue weighted by molar-refractivity contribution is 7.99. The molecule has 1 heterocycles. The highest BCUT2D eigenvalue weighted by Crippen LogP contribution is 2.42. The second-order valence-electron chi connectivity index (χ2n) is 8.23. The predicted octanol–water partition coefficient (Wildman–Crippen LogP) is 5.13. The van der Waals surface area contributed by atoms with Crippen LogP contribution in [-0.2, 0) is 16.8 Å². The van der Waals surface area contributed by atoms with Gasteiger partial charge in [-0.25, -0.2) is 4.39 Å². The highest BCUT2D eigenvalue weighted by atomic mass is 32.2. The summed E-state index contributed by atoms with van der Waals surface area (Å²) in [5.74, 6) is 2.09. The standard InChI is InChI=1S/C24H29FN2OS/c1-18-19(17-27-12-14-29-15-13-27)6-4-9-22(18)26-23(28)24(10-2-3-11-24)20-7-5-8-21(25)16-20/h4-9,16H,2-3,10-15,17H2,1H3,(H,26,28). The van der Waals surface area contributed by atoms with Crippen molar-refractivity contribution in [2.24, 2.45) is 0 Å². The Hall–Kier alpha value is -1.85. The number of amides is 1. The molecule has 1 saturated carbocycles. The van der Waals surface area contributed by atoms with Gasteiger partial charge in [0.1, 0.15) is 5.82 Å². The third-order valence-corrected chi connectivity index (χ3v) is 7.40. The van der Waals surface area contributed by atoms with E-state index in [9.17, 15) is 9.18 Å². The molecule has 0 unspecified atom stereocenters. The number of carbonyl (C=O) groups excluding carboxylic acids is 1. The molecule has 1 amide bonds. The average Bonchev–Trinajstić information content (AvgIpc) is 3.23. The van der Waals surface area contributed by atoms with Crippen LogP contribution in [-0.4, -0.2) is 35.4 Å². The minimum absolute atomic E-state index is 0.00442. The lowest BCUT2D eigenvalue weighted by Crippen LogP contribution is -2.38. The van der Waals surface area contributed by atoms with Gasteiger partial charge in [-0.1, -0.05) is 37.1 Å². The van der Waals surface area contributed by atoms with E-state index in [1.165, 1.54) is 29.2 Å². The van der Waals surface area contributed by atoms with Crippen LogP contribution < -0.4 is 5.32 Å². The number of halogens is 1. The first-order valence-corrected chi connectivity index (χ1v) is 11.7. The molecule has 5 heteroatoms. The number of thioether (sulfide) groups is 1. The zero-order valence-electron chi connectivity index (χ0n) is 17.0. The molecule has 3 nitrogen and oxygen atoms in total. The van der Waals surface area contributed by atoms with Gasteiger partial charge in [-0.15, -0.1) is 0 Å². The lowest BCUT2D eigenvalue weighted by Gasteiger charge is -2.30. The van der Waals surface area contributed by atoms with Gasteiger partial charge in [-0.05, 0) is 54.7 Å². The minimum atomic E-state index is -0.630. The van der Waals surface area contributed by atoms with Gasteiger partial charge in [0.2, 0.25) is 5.91 Å². The summed E-state index contributed by atoms with van der Waals surface area (Å²) in [5, 5.41) is 3.20. The molecule has 2 fully saturated rings. The lowest BCUT2D eigenvalue weighted by atomic mass is 9.78. The van der Waals surface area contributed by atoms with Crippen molar-refractivity contribution in [2.75, 3.05) is 29.9 Å². The van der Waals surface area contributed by atoms with Crippen LogP contribution in [0.3, 0.4) is 0 Å². The molecule has 1 aliphatic carbocycles. The van der Waals surface area contributed by atoms with E-state index in [2.05, 4.69) is 23.2 Å². The average molecular weight is 413 g/mol. The molecular formula is C24H29FN2OS. The Morgan fingerprint density at radius 2 is 1.86 bits per heavy atom. The van der Waals surface area contributed by atoms with Crippen LogP contribution in [0.1, 0.15) is 42.4 Å². The maximum atomic E-state index is 13.9. The van der Waals surface area contributed by atoms with Gasteiger partial charge < -0.3 is 5.32 Å². The van der Waals surface area contributed by atoms with Crippen LogP contribution in [0, 0.1) is 12.7 Å². The summed E-state index contributed by atoms with van der Waals surface area (Å²) in [6, 6.07) is 12.7. The van der Waals surface area contributed by atoms with Crippen molar-refractivity contribution in [1.29, 1.82) is 0 Å². The van der Waals surface area contributed by atoms with E-state index in [1.807, 2.05) is 30.0 Å². The van der Waals surface area contributed by atoms with Crippen molar-refractivity contribution in [3.63, 3.8) is 0 Å². The molecule has 0 bridgehead atoms. The van der Waals surface area contributed by atoms with Gasteiger partial charge in [-0.3, -0.25) is 9.69 Å². The Morgan fingerprint density at radius 1 is 1.14 bits per heavy atom. The Balaban J connectivity index is 1.56. The molecule has 0 radical (unpaired) electrons. The monoisotopic (exact) mass is 412 g/mol. The van der Waals surface area contributed by atoms with Crippen molar-refractivity contribution in [3.8, 4) is 0 Å². The van der Waals surface area contributed by atoms with Crippen molar-refractivity contribution in [2.45, 2.75) is 44.6 Å². The topological polar surface area (TPSA) is 32.3 Å². The molecule has 2 aromatic rings. The van der Waals surface area contributed by atoms with Crippen LogP contribution in [0.25, 0.3) is 0 Å². The van der Waals surface area contributed by atoms with Crippen LogP contribution >= 0.6 is 11.8 Å². The molecule has 154 valence electrons. The molecule has 2 aliphatic rings. The van der Waals surface area contributed by atoms with Gasteiger partial charge >= 0.3 is 0 Å². The molecule has 2 aromatic carbocycles. The molecule has 1 aliphatic heterocycles. The number of carbonyl (C=O) groups is 1. The summed E-state index contributed by atoms with van der Waals surface area (Å²) in [7, 11) is 0. The largest absolute Gasteiger partial charge is 0.325 e. The minimum Gasteiger partial charge on any atom is -0.325 e. The summed E-state index contributed by atoms with van der Waals surface area (Å²) < 4.78 is 13.9. The summed E-state index contributed by atoms with van der Waals surface area (Å²) in [6.45, 7) is 5.24. The first kappa shape index (κ1) is 20.4. The third kappa shape index (κ3) is 4.36. The van der Waals surface area contributed by atoms with Gasteiger partial charge in [0.25, 0.3) is 0 Å². The molecule has 0 atom stereocenters. The Morgan fingerprint density at radius 3 is 2.59 bits per heavy atom. The predicted molar refractivity (Wildman–Crippen MR) is 119 cm³/mol. The third-order valence-electron chi connectivity index (χ3n) is 6.46. The van der Waals surface area contributed by atoms with Gasteiger partial charge in [0, 0.05) is 36.8 Å². The maximum absolute atomic E-state index is 13.9. The van der Waals surface area contributed by atoms with Crippen molar-refractivity contribution >= 4 is 23.4 Å². The summed E-state index contributed by atoms with van der Waals surface area (Å²) >= 11 is 2.01. The molecule has 4 rings (SSSR count). The molecule has 1 N–H and O–H groups in total. The summed E-state index contributed by atoms with van der Waals surface area (Å²) in [4.78, 5) is 15.9. The first-order valence-electron chi connectivity index (χ1n) is 10.5. The van der Waals surface area contributed by atoms with Gasteiger partial charge in [0.05, 0.1) is 5.41 Å². The number of nitrogens with one attached hydrogen (secondary N) is 1. The molecule has 29 heavy (non-hydrogen) atoms. The van der Waals surface area contributed by atoms with E-state index in [0.29, 0.717) is 0 Å². The second-order valence-corrected chi connectivity index (χ2v) is 9.46. The van der Waals surface area contributed by atoms with E-state index in [1.54, 1.807) is 6.07 Å². The SMILES string of the molecule is Cc1c(CN2CCSCC2)cccc1NC(=O)C1(c2cccc(F)c2)CCCC1. The highest BCUT2D eigenvalue weighted by Gasteiger charge is 2.43. The fourth-order valence-electron chi connectivity index (χ4n) is 4.64. The molecule has 0 aromatic heterocycles. The van der Waals surface area contributed by atoms with Crippen LogP contribution in [0.4, 0.5) is 10.1 Å². The zero-order chi connectivity index (χ0) is 20.3. The van der Waals surface area contributed by atoms with E-state index >= 15 is 0 Å². The molecule has 1 saturated heterocycles. The number of anilines is 1. The number of nitrogens with zero attached hydrogens (tertiary/aromatic N) is 1. The van der Waals surface area contributed by atoms with Crippen molar-refractivity contribution < 1.29 is 9.18 Å². The number of rotatable bonds is 5. The first-order chi connectivity index (χ1) is 14.1. The van der Waals surface area contributed by atoms with Crippen molar-refractivity contribution in [3.05, 3.63) is 65.0 Å². The lowest BCUT2D eigenvalue weighted by molar-refractivity contribution is -0.121. The molecular weight excluding hydrogens is 383 g/mol. The van der Waals surface area contributed by atoms with E-state index in [-0.39, 0.29) is 11.7 Å². The van der Waals surface area contributed by atoms with Crippen LogP contribution in [0.15, 0.2) is 42.5 Å². The second kappa shape index (κ2) is 8.88. The fourth-order valence-corrected chi connectivity index (χ4v) is 5.62. The molecule has 0 spiro atoms. The summed E-state index contributed by atoms with van der Waals surface area (Å²) in [6.07, 6.45) is 3.53. The van der Waals surface area contributed by atoms with E-state index in [4.69, 9.17) is 0 Å². The maximum Gasteiger partial charge on any atom is 0.235 e. The normalized spacial score (nSPS) is 19.2. The summed E-state index contributed by atoms with van der Waals surface area (Å²) in [5.41, 5.74) is 3.44. The van der Waals surface area contributed by atoms with Crippen LogP contribution in [0.2, 0.25) is 0 Å². The Bertz CT molecular complexity index is 873. The zero-order valence-corrected chi connectivity index (χ0v) is 17.9. The van der Waals surface area contributed by atoms with Gasteiger partial charge in [0.15, 0.2) is 0 Å². The van der Waals surface area contributed by atoms with E-state index in [0.717, 1.165) is 62.1 Å². The van der Waals surface area contributed by atoms with E-state index < -0.39 is 5.41 Å². The number of hydrogen-bond acceptors (Lipinski definition) is 3. The van der Waals surface area contributed by atoms with Crippen molar-refractivity contribution in [1.82, 2.24) is 4.90 Å². The fraction of sp³-hybridized carbons (Fsp3) is 0.458.